The molecule has 0 aliphatic carbocycles. The lowest BCUT2D eigenvalue weighted by Crippen LogP contribution is -2.27. The van der Waals surface area contributed by atoms with Gasteiger partial charge < -0.3 is 10.5 Å². The van der Waals surface area contributed by atoms with Crippen molar-refractivity contribution in [2.24, 2.45) is 0 Å². The van der Waals surface area contributed by atoms with E-state index < -0.39 is 11.7 Å². The summed E-state index contributed by atoms with van der Waals surface area (Å²) in [4.78, 5) is 12.0. The number of fused-ring (bicyclic) bond motifs is 1. The first-order valence-electron chi connectivity index (χ1n) is 5.45. The van der Waals surface area contributed by atoms with E-state index in [4.69, 9.17) is 10.5 Å². The largest absolute Gasteiger partial charge is 0.442 e. The topological polar surface area (TPSA) is 70.1 Å². The third-order valence-corrected chi connectivity index (χ3v) is 2.73. The van der Waals surface area contributed by atoms with Gasteiger partial charge in [0.2, 0.25) is 0 Å². The van der Waals surface area contributed by atoms with Crippen LogP contribution in [0.25, 0.3) is 10.9 Å². The van der Waals surface area contributed by atoms with Crippen LogP contribution in [0.4, 0.5) is 10.6 Å². The Bertz CT molecular complexity index is 614. The first-order valence-corrected chi connectivity index (χ1v) is 6.24. The lowest BCUT2D eigenvalue weighted by molar-refractivity contribution is 0.0523. The Morgan fingerprint density at radius 1 is 1.44 bits per heavy atom. The molecule has 0 aliphatic heterocycles. The molecular weight excluding hydrogens is 298 g/mol. The van der Waals surface area contributed by atoms with Crippen molar-refractivity contribution in [2.45, 2.75) is 26.4 Å². The summed E-state index contributed by atoms with van der Waals surface area (Å²) in [6.07, 6.45) is -0.536. The Hall–Kier alpha value is -1.56. The number of rotatable bonds is 0. The molecule has 5 nitrogen and oxygen atoms in total. The number of anilines is 1. The number of benzene rings is 1. The molecule has 0 aliphatic rings. The number of aromatic nitrogens is 2. The van der Waals surface area contributed by atoms with Crippen LogP contribution in [0.2, 0.25) is 0 Å². The molecule has 0 atom stereocenters. The molecule has 0 radical (unpaired) electrons. The molecule has 0 amide bonds. The van der Waals surface area contributed by atoms with E-state index in [0.29, 0.717) is 11.3 Å². The van der Waals surface area contributed by atoms with Crippen LogP contribution in [-0.4, -0.2) is 21.5 Å². The zero-order valence-electron chi connectivity index (χ0n) is 10.4. The molecule has 1 heterocycles. The smallest absolute Gasteiger partial charge is 0.435 e. The van der Waals surface area contributed by atoms with Gasteiger partial charge in [-0.2, -0.15) is 4.68 Å². The van der Waals surface area contributed by atoms with Crippen LogP contribution in [0.3, 0.4) is 0 Å². The quantitative estimate of drug-likeness (QED) is 0.811. The van der Waals surface area contributed by atoms with Gasteiger partial charge in [-0.15, -0.1) is 5.10 Å². The monoisotopic (exact) mass is 311 g/mol. The van der Waals surface area contributed by atoms with E-state index in [0.717, 1.165) is 9.86 Å². The molecule has 96 valence electrons. The number of hydrogen-bond donors (Lipinski definition) is 1. The van der Waals surface area contributed by atoms with Crippen molar-refractivity contribution in [1.82, 2.24) is 9.78 Å². The van der Waals surface area contributed by atoms with E-state index in [2.05, 4.69) is 21.0 Å². The van der Waals surface area contributed by atoms with Gasteiger partial charge in [-0.25, -0.2) is 4.79 Å². The molecule has 0 bridgehead atoms. The van der Waals surface area contributed by atoms with E-state index in [1.54, 1.807) is 26.8 Å². The van der Waals surface area contributed by atoms with Crippen LogP contribution in [0.15, 0.2) is 22.7 Å². The van der Waals surface area contributed by atoms with Gasteiger partial charge in [0.1, 0.15) is 5.60 Å². The van der Waals surface area contributed by atoms with E-state index in [1.165, 1.54) is 4.68 Å². The molecule has 2 rings (SSSR count). The zero-order chi connectivity index (χ0) is 13.5. The minimum Gasteiger partial charge on any atom is -0.442 e. The fraction of sp³-hybridized carbons (Fsp3) is 0.333. The van der Waals surface area contributed by atoms with E-state index >= 15 is 0 Å². The Morgan fingerprint density at radius 3 is 2.72 bits per heavy atom. The van der Waals surface area contributed by atoms with Gasteiger partial charge in [0.25, 0.3) is 0 Å². The maximum Gasteiger partial charge on any atom is 0.435 e. The summed E-state index contributed by atoms with van der Waals surface area (Å²) < 4.78 is 7.33. The second-order valence-electron chi connectivity index (χ2n) is 4.94. The van der Waals surface area contributed by atoms with Crippen molar-refractivity contribution in [1.29, 1.82) is 0 Å². The molecular formula is C12H14BrN3O2. The predicted molar refractivity (Wildman–Crippen MR) is 73.5 cm³/mol. The predicted octanol–water partition coefficient (Wildman–Crippen LogP) is 3.16. The number of nitrogens with two attached hydrogens (primary N) is 1. The normalized spacial score (nSPS) is 11.8. The van der Waals surface area contributed by atoms with Crippen LogP contribution in [-0.2, 0) is 4.74 Å². The second kappa shape index (κ2) is 4.28. The Kier molecular flexibility index (Phi) is 3.06. The van der Waals surface area contributed by atoms with Crippen molar-refractivity contribution in [3.8, 4) is 0 Å². The lowest BCUT2D eigenvalue weighted by Gasteiger charge is -2.19. The van der Waals surface area contributed by atoms with Crippen molar-refractivity contribution in [2.75, 3.05) is 5.73 Å². The Labute approximate surface area is 113 Å². The van der Waals surface area contributed by atoms with E-state index in [9.17, 15) is 4.79 Å². The summed E-state index contributed by atoms with van der Waals surface area (Å²) in [6, 6.07) is 5.41. The number of halogens is 1. The van der Waals surface area contributed by atoms with Gasteiger partial charge in [-0.05, 0) is 39.0 Å². The molecule has 2 aromatic rings. The van der Waals surface area contributed by atoms with E-state index in [-0.39, 0.29) is 0 Å². The number of nitrogen functional groups attached to an aromatic ring is 1. The fourth-order valence-electron chi connectivity index (χ4n) is 1.56. The maximum absolute atomic E-state index is 12.0. The average molecular weight is 312 g/mol. The highest BCUT2D eigenvalue weighted by Crippen LogP contribution is 2.25. The second-order valence-corrected chi connectivity index (χ2v) is 5.85. The molecule has 0 spiro atoms. The number of nitrogens with zero attached hydrogens (tertiary/aromatic N) is 2. The standard InChI is InChI=1S/C12H14BrN3O2/c1-12(2,3)18-11(17)16-9-5-4-7(13)6-8(9)10(14)15-16/h4-6H,1-3H3,(H2,14,15). The number of ether oxygens (including phenoxy) is 1. The van der Waals surface area contributed by atoms with Crippen molar-refractivity contribution >= 4 is 38.7 Å². The number of hydrogen-bond acceptors (Lipinski definition) is 4. The Balaban J connectivity index is 2.49. The van der Waals surface area contributed by atoms with Crippen molar-refractivity contribution in [3.63, 3.8) is 0 Å². The maximum atomic E-state index is 12.0. The molecule has 0 unspecified atom stereocenters. The van der Waals surface area contributed by atoms with Gasteiger partial charge in [-0.3, -0.25) is 0 Å². The molecule has 0 fully saturated rings. The van der Waals surface area contributed by atoms with Gasteiger partial charge in [-0.1, -0.05) is 15.9 Å². The van der Waals surface area contributed by atoms with Crippen LogP contribution >= 0.6 is 15.9 Å². The fourth-order valence-corrected chi connectivity index (χ4v) is 1.92. The summed E-state index contributed by atoms with van der Waals surface area (Å²) in [6.45, 7) is 5.41. The van der Waals surface area contributed by atoms with Crippen molar-refractivity contribution < 1.29 is 9.53 Å². The van der Waals surface area contributed by atoms with Crippen LogP contribution in [0, 0.1) is 0 Å². The SMILES string of the molecule is CC(C)(C)OC(=O)n1nc(N)c2cc(Br)ccc21. The summed E-state index contributed by atoms with van der Waals surface area (Å²) in [5.74, 6) is 0.303. The molecule has 6 heteroatoms. The van der Waals surface area contributed by atoms with Crippen LogP contribution in [0.5, 0.6) is 0 Å². The average Bonchev–Trinajstić information content (AvgIpc) is 2.54. The first-order chi connectivity index (χ1) is 8.28. The van der Waals surface area contributed by atoms with Crippen LogP contribution in [0.1, 0.15) is 20.8 Å². The first kappa shape index (κ1) is 12.9. The molecule has 0 saturated heterocycles. The molecule has 0 saturated carbocycles. The van der Waals surface area contributed by atoms with Crippen molar-refractivity contribution in [3.05, 3.63) is 22.7 Å². The third kappa shape index (κ3) is 2.48. The molecule has 1 aromatic carbocycles. The summed E-state index contributed by atoms with van der Waals surface area (Å²) in [5, 5.41) is 4.73. The minimum absolute atomic E-state index is 0.303. The van der Waals surface area contributed by atoms with Gasteiger partial charge in [0.15, 0.2) is 5.82 Å². The third-order valence-electron chi connectivity index (χ3n) is 2.24. The van der Waals surface area contributed by atoms with Gasteiger partial charge in [0.05, 0.1) is 5.52 Å². The molecule has 2 N–H and O–H groups in total. The number of carbonyl (C=O) groups is 1. The van der Waals surface area contributed by atoms with Gasteiger partial charge in [0, 0.05) is 9.86 Å². The summed E-state index contributed by atoms with van der Waals surface area (Å²) >= 11 is 3.35. The van der Waals surface area contributed by atoms with Gasteiger partial charge >= 0.3 is 6.09 Å². The highest BCUT2D eigenvalue weighted by Gasteiger charge is 2.21. The molecule has 1 aromatic heterocycles. The minimum atomic E-state index is -0.570. The summed E-state index contributed by atoms with van der Waals surface area (Å²) in [5.41, 5.74) is 5.85. The molecule has 18 heavy (non-hydrogen) atoms. The highest BCUT2D eigenvalue weighted by atomic mass is 79.9. The number of carbonyl (C=O) groups excluding carboxylic acids is 1. The summed E-state index contributed by atoms with van der Waals surface area (Å²) in [7, 11) is 0. The van der Waals surface area contributed by atoms with E-state index in [1.807, 2.05) is 12.1 Å². The zero-order valence-corrected chi connectivity index (χ0v) is 12.0. The lowest BCUT2D eigenvalue weighted by atomic mass is 10.2. The van der Waals surface area contributed by atoms with Crippen LogP contribution < -0.4 is 5.73 Å². The Morgan fingerprint density at radius 2 is 2.11 bits per heavy atom. The highest BCUT2D eigenvalue weighted by molar-refractivity contribution is 9.10.